The summed E-state index contributed by atoms with van der Waals surface area (Å²) in [7, 11) is -7.26. The predicted molar refractivity (Wildman–Crippen MR) is 194 cm³/mol. The first-order valence-corrected chi connectivity index (χ1v) is 23.1. The fourth-order valence-corrected chi connectivity index (χ4v) is 8.33. The molecule has 47 heavy (non-hydrogen) atoms. The van der Waals surface area contributed by atoms with Crippen molar-refractivity contribution in [1.82, 2.24) is 19.9 Å². The summed E-state index contributed by atoms with van der Waals surface area (Å²) in [6.45, 7) is 0.837. The molecule has 2 aromatic rings. The van der Waals surface area contributed by atoms with Crippen LogP contribution < -0.4 is 14.5 Å². The van der Waals surface area contributed by atoms with Gasteiger partial charge in [0.2, 0.25) is 7.07 Å². The molecule has 0 saturated carbocycles. The first kappa shape index (κ1) is 40.1. The topological polar surface area (TPSA) is 177 Å². The molecule has 0 radical (unpaired) electrons. The highest BCUT2D eigenvalue weighted by Gasteiger charge is 2.25. The van der Waals surface area contributed by atoms with Crippen LogP contribution in [0.15, 0.2) is 65.8 Å². The zero-order valence-electron chi connectivity index (χ0n) is 26.3. The van der Waals surface area contributed by atoms with Gasteiger partial charge in [0.1, 0.15) is 24.1 Å². The Morgan fingerprint density at radius 3 is 2.02 bits per heavy atom. The summed E-state index contributed by atoms with van der Waals surface area (Å²) >= 11 is 11.1. The SMILES string of the molecule is COC1C=CC(CNN(C)[PH](=S)Oc2ccc(/C=N/N(C)[PH](=S)Oc3ccc(CCN(CP(=O)(O)O)CP(=O)(O)O)cc3)cc2)CC1. The Hall–Kier alpha value is -1.31. The lowest BCUT2D eigenvalue weighted by atomic mass is 9.94. The maximum absolute atomic E-state index is 11.4. The zero-order valence-corrected chi connectivity index (χ0v) is 31.7. The number of hydrogen-bond acceptors (Lipinski definition) is 10. The van der Waals surface area contributed by atoms with Gasteiger partial charge in [-0.05, 0) is 96.3 Å². The van der Waals surface area contributed by atoms with Gasteiger partial charge in [-0.3, -0.25) is 14.0 Å². The Bertz CT molecular complexity index is 1470. The second-order valence-corrected chi connectivity index (χ2v) is 19.0. The Balaban J connectivity index is 1.43. The van der Waals surface area contributed by atoms with Crippen LogP contribution in [0.5, 0.6) is 11.5 Å². The van der Waals surface area contributed by atoms with E-state index in [2.05, 4.69) is 22.7 Å². The van der Waals surface area contributed by atoms with E-state index in [1.54, 1.807) is 49.4 Å². The average Bonchev–Trinajstić information content (AvgIpc) is 3.01. The first-order chi connectivity index (χ1) is 22.1. The smallest absolute Gasteiger partial charge is 0.339 e. The standard InChI is InChI=1S/C27H43N5O9P4S2/c1-30(28-18-23-6-10-25(39-3)11-7-23)43(47)41-27-14-8-24(9-15-27)19-29-31(2)42(46)40-26-12-4-22(5-13-26)16-17-32(20-44(33,34)35)21-45(36,37)38/h4-6,8-10,12-15,19,23,25,28,42-43H,7,11,16-18,20-21H2,1-3H3,(H2,33,34,35)(H2,36,37,38)/b29-19+. The molecule has 0 heterocycles. The maximum atomic E-state index is 11.4. The van der Waals surface area contributed by atoms with Gasteiger partial charge in [0, 0.05) is 34.3 Å². The minimum atomic E-state index is -4.49. The van der Waals surface area contributed by atoms with Gasteiger partial charge in [0.05, 0.1) is 12.3 Å². The summed E-state index contributed by atoms with van der Waals surface area (Å²) in [5.74, 6) is 1.63. The summed E-state index contributed by atoms with van der Waals surface area (Å²) in [6.07, 6.45) is 7.07. The summed E-state index contributed by atoms with van der Waals surface area (Å²) in [5, 5.41) is 4.42. The minimum absolute atomic E-state index is 0.0509. The molecule has 4 atom stereocenters. The van der Waals surface area contributed by atoms with Crippen LogP contribution in [0.1, 0.15) is 24.0 Å². The van der Waals surface area contributed by atoms with Crippen LogP contribution in [0.25, 0.3) is 0 Å². The Morgan fingerprint density at radius 1 is 0.915 bits per heavy atom. The molecule has 0 saturated heterocycles. The molecule has 14 nitrogen and oxygen atoms in total. The van der Waals surface area contributed by atoms with Crippen LogP contribution >= 0.6 is 29.3 Å². The molecule has 20 heteroatoms. The normalized spacial score (nSPS) is 18.5. The van der Waals surface area contributed by atoms with Crippen molar-refractivity contribution in [2.45, 2.75) is 25.4 Å². The van der Waals surface area contributed by atoms with Crippen LogP contribution in [0.4, 0.5) is 0 Å². The van der Waals surface area contributed by atoms with E-state index in [-0.39, 0.29) is 12.6 Å². The Labute approximate surface area is 287 Å². The number of hydrazine groups is 1. The van der Waals surface area contributed by atoms with Gasteiger partial charge in [-0.15, -0.1) is 0 Å². The summed E-state index contributed by atoms with van der Waals surface area (Å²) < 4.78 is 43.4. The van der Waals surface area contributed by atoms with Crippen molar-refractivity contribution in [3.05, 3.63) is 71.8 Å². The number of hydrogen-bond donors (Lipinski definition) is 5. The zero-order chi connectivity index (χ0) is 34.6. The molecule has 0 bridgehead atoms. The van der Waals surface area contributed by atoms with Gasteiger partial charge in [-0.25, -0.2) is 10.2 Å². The van der Waals surface area contributed by atoms with Crippen molar-refractivity contribution in [2.24, 2.45) is 11.0 Å². The lowest BCUT2D eigenvalue weighted by Gasteiger charge is -2.26. The number of nitrogens with one attached hydrogen (secondary N) is 1. The molecule has 0 aromatic heterocycles. The number of nitrogens with zero attached hydrogens (tertiary/aromatic N) is 4. The monoisotopic (exact) mass is 769 g/mol. The van der Waals surface area contributed by atoms with Crippen molar-refractivity contribution in [1.29, 1.82) is 0 Å². The number of benzene rings is 2. The van der Waals surface area contributed by atoms with Gasteiger partial charge in [0.15, 0.2) is 7.07 Å². The Kier molecular flexibility index (Phi) is 16.4. The second-order valence-electron chi connectivity index (χ2n) is 10.9. The fraction of sp³-hybridized carbons (Fsp3) is 0.444. The van der Waals surface area contributed by atoms with Crippen LogP contribution in [0.3, 0.4) is 0 Å². The third-order valence-corrected chi connectivity index (χ3v) is 12.8. The molecule has 0 amide bonds. The van der Waals surface area contributed by atoms with E-state index < -0.39 is 41.9 Å². The highest BCUT2D eigenvalue weighted by atomic mass is 32.4. The Morgan fingerprint density at radius 2 is 1.49 bits per heavy atom. The quantitative estimate of drug-likeness (QED) is 0.0601. The van der Waals surface area contributed by atoms with Gasteiger partial charge in [-0.1, -0.05) is 24.3 Å². The fourth-order valence-electron chi connectivity index (χ4n) is 4.41. The molecule has 0 aliphatic heterocycles. The van der Waals surface area contributed by atoms with Gasteiger partial charge >= 0.3 is 15.2 Å². The van der Waals surface area contributed by atoms with E-state index >= 15 is 0 Å². The third-order valence-electron chi connectivity index (χ3n) is 6.93. The highest BCUT2D eigenvalue weighted by Crippen LogP contribution is 2.41. The van der Waals surface area contributed by atoms with Crippen molar-refractivity contribution >= 4 is 59.2 Å². The van der Waals surface area contributed by atoms with E-state index in [9.17, 15) is 28.7 Å². The summed E-state index contributed by atoms with van der Waals surface area (Å²) in [5.41, 5.74) is 5.00. The van der Waals surface area contributed by atoms with Crippen LogP contribution in [0.2, 0.25) is 0 Å². The molecule has 5 N–H and O–H groups in total. The summed E-state index contributed by atoms with van der Waals surface area (Å²) in [4.78, 5) is 38.0. The predicted octanol–water partition coefficient (Wildman–Crippen LogP) is 3.95. The third kappa shape index (κ3) is 15.8. The van der Waals surface area contributed by atoms with E-state index in [0.717, 1.165) is 35.4 Å². The maximum Gasteiger partial charge on any atom is 0.339 e. The van der Waals surface area contributed by atoms with Crippen LogP contribution in [-0.2, 0) is 43.9 Å². The van der Waals surface area contributed by atoms with Gasteiger partial charge < -0.3 is 33.4 Å². The average molecular weight is 770 g/mol. The molecule has 1 aliphatic carbocycles. The van der Waals surface area contributed by atoms with Crippen molar-refractivity contribution in [3.63, 3.8) is 0 Å². The van der Waals surface area contributed by atoms with E-state index in [4.69, 9.17) is 37.4 Å². The number of rotatable bonds is 19. The lowest BCUT2D eigenvalue weighted by molar-refractivity contribution is 0.121. The molecule has 4 unspecified atom stereocenters. The van der Waals surface area contributed by atoms with Crippen molar-refractivity contribution in [3.8, 4) is 11.5 Å². The molecule has 3 rings (SSSR count). The van der Waals surface area contributed by atoms with Crippen molar-refractivity contribution in [2.75, 3.05) is 46.9 Å². The molecule has 2 aromatic carbocycles. The molecule has 262 valence electrons. The van der Waals surface area contributed by atoms with Crippen LogP contribution in [0, 0.1) is 5.92 Å². The van der Waals surface area contributed by atoms with Crippen molar-refractivity contribution < 1.29 is 42.5 Å². The minimum Gasteiger partial charge on any atom is -0.454 e. The molecule has 0 fully saturated rings. The van der Waals surface area contributed by atoms with Gasteiger partial charge in [0.25, 0.3) is 0 Å². The number of ether oxygens (including phenoxy) is 1. The molecule has 1 aliphatic rings. The first-order valence-electron chi connectivity index (χ1n) is 14.5. The largest absolute Gasteiger partial charge is 0.454 e. The molecular formula is C27H43N5O9P4S2. The van der Waals surface area contributed by atoms with E-state index in [1.165, 1.54) is 0 Å². The number of methoxy groups -OCH3 is 1. The number of hydrazone groups is 1. The molecule has 0 spiro atoms. The second kappa shape index (κ2) is 19.2. The van der Waals surface area contributed by atoms with Crippen LogP contribution in [-0.4, -0.2) is 93.2 Å². The lowest BCUT2D eigenvalue weighted by Crippen LogP contribution is -2.34. The highest BCUT2D eigenvalue weighted by molar-refractivity contribution is 8.02. The van der Waals surface area contributed by atoms with E-state index in [0.29, 0.717) is 23.8 Å². The van der Waals surface area contributed by atoms with E-state index in [1.807, 2.05) is 36.1 Å². The van der Waals surface area contributed by atoms with Gasteiger partial charge in [-0.2, -0.15) is 9.88 Å². The molecular weight excluding hydrogens is 726 g/mol. The summed E-state index contributed by atoms with van der Waals surface area (Å²) in [6, 6.07) is 14.4.